The molecule has 0 amide bonds. The molecule has 0 unspecified atom stereocenters. The number of aliphatic imine (C=N–C) groups is 1. The van der Waals surface area contributed by atoms with Crippen molar-refractivity contribution in [3.63, 3.8) is 0 Å². The van der Waals surface area contributed by atoms with Gasteiger partial charge in [0.05, 0.1) is 0 Å². The molecule has 2 heterocycles. The summed E-state index contributed by atoms with van der Waals surface area (Å²) in [6.45, 7) is 3.34. The Morgan fingerprint density at radius 1 is 1.42 bits per heavy atom. The Bertz CT molecular complexity index is 863. The zero-order valence-electron chi connectivity index (χ0n) is 13.9. The van der Waals surface area contributed by atoms with Crippen LogP contribution in [0, 0.1) is 6.92 Å². The van der Waals surface area contributed by atoms with E-state index in [-0.39, 0.29) is 18.2 Å². The van der Waals surface area contributed by atoms with Gasteiger partial charge in [-0.05, 0) is 13.8 Å². The third-order valence-corrected chi connectivity index (χ3v) is 3.36. The van der Waals surface area contributed by atoms with Gasteiger partial charge in [0.25, 0.3) is 5.56 Å². The lowest BCUT2D eigenvalue weighted by atomic mass is 10.4. The molecule has 11 heteroatoms. The molecule has 0 fully saturated rings. The topological polar surface area (TPSA) is 133 Å². The number of hydrogen-bond acceptors (Lipinski definition) is 8. The number of hydrogen-bond donors (Lipinski definition) is 4. The minimum absolute atomic E-state index is 0.0947. The molecule has 0 aliphatic heterocycles. The van der Waals surface area contributed by atoms with E-state index < -0.39 is 11.2 Å². The van der Waals surface area contributed by atoms with Crippen LogP contribution in [0.3, 0.4) is 0 Å². The van der Waals surface area contributed by atoms with Crippen LogP contribution < -0.4 is 22.0 Å². The first-order valence-corrected chi connectivity index (χ1v) is 7.12. The van der Waals surface area contributed by atoms with Crippen molar-refractivity contribution in [1.29, 1.82) is 0 Å². The van der Waals surface area contributed by atoms with Gasteiger partial charge in [0.15, 0.2) is 11.6 Å². The van der Waals surface area contributed by atoms with Gasteiger partial charge < -0.3 is 5.32 Å². The number of hydroxylamine groups is 1. The maximum absolute atomic E-state index is 12.3. The van der Waals surface area contributed by atoms with Crippen LogP contribution in [0.15, 0.2) is 20.8 Å². The first-order valence-electron chi connectivity index (χ1n) is 7.12. The summed E-state index contributed by atoms with van der Waals surface area (Å²) in [5.74, 6) is 0.620. The van der Waals surface area contributed by atoms with Crippen molar-refractivity contribution in [2.24, 2.45) is 19.1 Å². The number of aromatic amines is 1. The van der Waals surface area contributed by atoms with Crippen LogP contribution in [0.2, 0.25) is 0 Å². The standard InChI is InChI=1S/C13H20N8O3/c1-5-14-11-9(12(22)20(4)13(23)19(11)3)15-7-21(24)18-10-8(2)6-16-17-10/h5-6,15,24H,7H2,1-4H3,(H2,16,17,18)/b14-5-. The van der Waals surface area contributed by atoms with Crippen molar-refractivity contribution in [2.45, 2.75) is 13.8 Å². The molecule has 0 radical (unpaired) electrons. The Kier molecular flexibility index (Phi) is 5.16. The van der Waals surface area contributed by atoms with E-state index in [4.69, 9.17) is 0 Å². The van der Waals surface area contributed by atoms with E-state index in [1.165, 1.54) is 24.9 Å². The van der Waals surface area contributed by atoms with Crippen LogP contribution in [0.25, 0.3) is 0 Å². The van der Waals surface area contributed by atoms with Crippen LogP contribution in [0.1, 0.15) is 12.5 Å². The average molecular weight is 336 g/mol. The highest BCUT2D eigenvalue weighted by Crippen LogP contribution is 2.17. The van der Waals surface area contributed by atoms with Gasteiger partial charge in [0.2, 0.25) is 0 Å². The quantitative estimate of drug-likeness (QED) is 0.329. The Labute approximate surface area is 137 Å². The second-order valence-corrected chi connectivity index (χ2v) is 5.05. The Hall–Kier alpha value is -2.92. The van der Waals surface area contributed by atoms with Crippen molar-refractivity contribution < 1.29 is 5.21 Å². The van der Waals surface area contributed by atoms with Crippen LogP contribution in [-0.4, -0.2) is 42.6 Å². The van der Waals surface area contributed by atoms with Gasteiger partial charge in [-0.15, -0.1) is 0 Å². The zero-order valence-corrected chi connectivity index (χ0v) is 13.9. The average Bonchev–Trinajstić information content (AvgIpc) is 2.95. The highest BCUT2D eigenvalue weighted by atomic mass is 16.5. The summed E-state index contributed by atoms with van der Waals surface area (Å²) >= 11 is 0. The minimum Gasteiger partial charge on any atom is -0.361 e. The van der Waals surface area contributed by atoms with Crippen LogP contribution in [0.4, 0.5) is 17.3 Å². The van der Waals surface area contributed by atoms with Crippen LogP contribution in [-0.2, 0) is 14.1 Å². The summed E-state index contributed by atoms with van der Waals surface area (Å²) in [5, 5.41) is 20.0. The molecular formula is C13H20N8O3. The van der Waals surface area contributed by atoms with E-state index in [2.05, 4.69) is 25.9 Å². The summed E-state index contributed by atoms with van der Waals surface area (Å²) < 4.78 is 2.21. The third-order valence-electron chi connectivity index (χ3n) is 3.36. The predicted octanol–water partition coefficient (Wildman–Crippen LogP) is -0.0746. The van der Waals surface area contributed by atoms with Gasteiger partial charge in [-0.1, -0.05) is 5.17 Å². The van der Waals surface area contributed by atoms with Gasteiger partial charge in [0.1, 0.15) is 12.4 Å². The highest BCUT2D eigenvalue weighted by molar-refractivity contribution is 5.67. The molecule has 0 spiro atoms. The monoisotopic (exact) mass is 336 g/mol. The number of rotatable bonds is 6. The fraction of sp³-hybridized carbons (Fsp3) is 0.385. The van der Waals surface area contributed by atoms with E-state index in [9.17, 15) is 14.8 Å². The molecule has 2 aromatic heterocycles. The second-order valence-electron chi connectivity index (χ2n) is 5.05. The predicted molar refractivity (Wildman–Crippen MR) is 89.8 cm³/mol. The molecule has 2 rings (SSSR count). The summed E-state index contributed by atoms with van der Waals surface area (Å²) in [5.41, 5.74) is 2.52. The van der Waals surface area contributed by atoms with Crippen molar-refractivity contribution in [2.75, 3.05) is 17.4 Å². The lowest BCUT2D eigenvalue weighted by molar-refractivity contribution is -0.0591. The van der Waals surface area contributed by atoms with Crippen molar-refractivity contribution >= 4 is 23.5 Å². The van der Waals surface area contributed by atoms with E-state index in [1.54, 1.807) is 13.1 Å². The number of nitrogens with zero attached hydrogens (tertiary/aromatic N) is 5. The van der Waals surface area contributed by atoms with Gasteiger partial charge in [0, 0.05) is 32.1 Å². The number of aryl methyl sites for hydroxylation is 1. The number of H-pyrrole nitrogens is 1. The van der Waals surface area contributed by atoms with E-state index in [1.807, 2.05) is 6.92 Å². The van der Waals surface area contributed by atoms with Gasteiger partial charge in [-0.25, -0.2) is 9.79 Å². The molecule has 4 N–H and O–H groups in total. The third kappa shape index (κ3) is 3.36. The molecule has 0 aliphatic rings. The Balaban J connectivity index is 2.24. The molecule has 0 aliphatic carbocycles. The summed E-state index contributed by atoms with van der Waals surface area (Å²) in [6, 6.07) is 0. The number of aromatic nitrogens is 4. The van der Waals surface area contributed by atoms with Gasteiger partial charge in [-0.3, -0.25) is 29.7 Å². The molecule has 11 nitrogen and oxygen atoms in total. The fourth-order valence-corrected chi connectivity index (χ4v) is 2.04. The Morgan fingerprint density at radius 2 is 2.12 bits per heavy atom. The summed E-state index contributed by atoms with van der Waals surface area (Å²) in [6.07, 6.45) is 3.14. The molecule has 2 aromatic rings. The summed E-state index contributed by atoms with van der Waals surface area (Å²) in [4.78, 5) is 28.3. The molecule has 0 bridgehead atoms. The largest absolute Gasteiger partial charge is 0.361 e. The molecule has 0 atom stereocenters. The van der Waals surface area contributed by atoms with Gasteiger partial charge in [-0.2, -0.15) is 5.10 Å². The molecule has 130 valence electrons. The van der Waals surface area contributed by atoms with Crippen molar-refractivity contribution in [3.05, 3.63) is 32.6 Å². The van der Waals surface area contributed by atoms with Crippen molar-refractivity contribution in [1.82, 2.24) is 24.5 Å². The van der Waals surface area contributed by atoms with Gasteiger partial charge >= 0.3 is 5.69 Å². The molecule has 24 heavy (non-hydrogen) atoms. The normalized spacial score (nSPS) is 11.4. The number of anilines is 2. The highest BCUT2D eigenvalue weighted by Gasteiger charge is 2.15. The Morgan fingerprint density at radius 3 is 2.71 bits per heavy atom. The second kappa shape index (κ2) is 7.10. The smallest absolute Gasteiger partial charge is 0.332 e. The molecular weight excluding hydrogens is 316 g/mol. The van der Waals surface area contributed by atoms with E-state index in [0.717, 1.165) is 15.3 Å². The summed E-state index contributed by atoms with van der Waals surface area (Å²) in [7, 11) is 2.88. The minimum atomic E-state index is -0.539. The first-order chi connectivity index (χ1) is 11.4. The van der Waals surface area contributed by atoms with Crippen molar-refractivity contribution in [3.8, 4) is 0 Å². The zero-order chi connectivity index (χ0) is 17.9. The van der Waals surface area contributed by atoms with Crippen LogP contribution in [0.5, 0.6) is 0 Å². The lowest BCUT2D eigenvalue weighted by Crippen LogP contribution is -2.40. The first kappa shape index (κ1) is 17.4. The lowest BCUT2D eigenvalue weighted by Gasteiger charge is -2.18. The van der Waals surface area contributed by atoms with Crippen LogP contribution >= 0.6 is 0 Å². The maximum Gasteiger partial charge on any atom is 0.332 e. The SMILES string of the molecule is C/C=N\c1c(NCN(O)Nc2n[nH]cc2C)c(=O)n(C)c(=O)n1C. The van der Waals surface area contributed by atoms with E-state index >= 15 is 0 Å². The molecule has 0 saturated heterocycles. The fourth-order valence-electron chi connectivity index (χ4n) is 2.04. The number of hydrazine groups is 1. The maximum atomic E-state index is 12.3. The number of nitrogens with one attached hydrogen (secondary N) is 3. The van der Waals surface area contributed by atoms with E-state index in [0.29, 0.717) is 5.82 Å². The molecule has 0 saturated carbocycles. The molecule has 0 aromatic carbocycles.